The summed E-state index contributed by atoms with van der Waals surface area (Å²) in [4.78, 5) is 0. The van der Waals surface area contributed by atoms with Crippen LogP contribution in [0, 0.1) is 5.82 Å². The first-order valence-electron chi connectivity index (χ1n) is 3.71. The first kappa shape index (κ1) is 8.96. The minimum absolute atomic E-state index is 0.000675. The minimum Gasteiger partial charge on any atom is -0.404 e. The molecule has 1 aromatic carbocycles. The van der Waals surface area contributed by atoms with Crippen molar-refractivity contribution in [3.8, 4) is 11.5 Å². The Morgan fingerprint density at radius 3 is 2.71 bits per heavy atom. The third-order valence-corrected chi connectivity index (χ3v) is 1.90. The lowest BCUT2D eigenvalue weighted by atomic mass is 10.2. The number of anilines is 1. The van der Waals surface area contributed by atoms with Gasteiger partial charge < -0.3 is 10.2 Å². The third-order valence-electron chi connectivity index (χ3n) is 1.61. The summed E-state index contributed by atoms with van der Waals surface area (Å²) in [6.45, 7) is 0. The lowest BCUT2D eigenvalue weighted by Gasteiger charge is -1.96. The molecule has 0 unspecified atom stereocenters. The van der Waals surface area contributed by atoms with Crippen LogP contribution in [0.2, 0.25) is 5.02 Å². The Kier molecular flexibility index (Phi) is 2.09. The number of rotatable bonds is 1. The van der Waals surface area contributed by atoms with Crippen molar-refractivity contribution in [2.24, 2.45) is 0 Å². The van der Waals surface area contributed by atoms with Crippen molar-refractivity contribution < 1.29 is 8.81 Å². The number of benzene rings is 1. The molecular weight excluding hydrogens is 209 g/mol. The van der Waals surface area contributed by atoms with Crippen molar-refractivity contribution in [2.45, 2.75) is 0 Å². The second-order valence-corrected chi connectivity index (χ2v) is 2.98. The lowest BCUT2D eigenvalue weighted by molar-refractivity contribution is 0.589. The van der Waals surface area contributed by atoms with Crippen molar-refractivity contribution in [3.05, 3.63) is 29.0 Å². The van der Waals surface area contributed by atoms with E-state index >= 15 is 0 Å². The number of nitrogens with two attached hydrogens (primary N) is 1. The standard InChI is InChI=1S/C8H5ClFN3O/c9-5-3-4(1-2-6(5)10)7-12-13-8(11)14-7/h1-3H,(H2,11,13). The zero-order valence-corrected chi connectivity index (χ0v) is 7.62. The van der Waals surface area contributed by atoms with Crippen molar-refractivity contribution >= 4 is 17.6 Å². The minimum atomic E-state index is -0.497. The molecule has 14 heavy (non-hydrogen) atoms. The van der Waals surface area contributed by atoms with Gasteiger partial charge in [0.25, 0.3) is 0 Å². The third kappa shape index (κ3) is 1.54. The van der Waals surface area contributed by atoms with E-state index in [1.54, 1.807) is 0 Å². The lowest BCUT2D eigenvalue weighted by Crippen LogP contribution is -1.81. The van der Waals surface area contributed by atoms with Crippen LogP contribution in [-0.2, 0) is 0 Å². The van der Waals surface area contributed by atoms with Crippen LogP contribution in [0.15, 0.2) is 22.6 Å². The number of hydrogen-bond donors (Lipinski definition) is 1. The topological polar surface area (TPSA) is 64.9 Å². The van der Waals surface area contributed by atoms with Crippen molar-refractivity contribution in [1.82, 2.24) is 10.2 Å². The summed E-state index contributed by atoms with van der Waals surface area (Å²) in [6.07, 6.45) is 0. The predicted molar refractivity (Wildman–Crippen MR) is 49.1 cm³/mol. The Morgan fingerprint density at radius 2 is 2.14 bits per heavy atom. The molecule has 2 N–H and O–H groups in total. The van der Waals surface area contributed by atoms with Gasteiger partial charge in [0.05, 0.1) is 5.02 Å². The van der Waals surface area contributed by atoms with Gasteiger partial charge in [0.1, 0.15) is 5.82 Å². The van der Waals surface area contributed by atoms with Crippen LogP contribution in [0.3, 0.4) is 0 Å². The van der Waals surface area contributed by atoms with Gasteiger partial charge in [-0.05, 0) is 18.2 Å². The fraction of sp³-hybridized carbons (Fsp3) is 0. The summed E-state index contributed by atoms with van der Waals surface area (Å²) in [5.74, 6) is -0.285. The van der Waals surface area contributed by atoms with E-state index in [4.69, 9.17) is 21.8 Å². The second kappa shape index (κ2) is 3.26. The summed E-state index contributed by atoms with van der Waals surface area (Å²) >= 11 is 5.57. The van der Waals surface area contributed by atoms with Crippen molar-refractivity contribution in [3.63, 3.8) is 0 Å². The van der Waals surface area contributed by atoms with Gasteiger partial charge in [0, 0.05) is 5.56 Å². The molecule has 1 heterocycles. The molecule has 0 bridgehead atoms. The van der Waals surface area contributed by atoms with Crippen LogP contribution in [0.5, 0.6) is 0 Å². The highest BCUT2D eigenvalue weighted by atomic mass is 35.5. The van der Waals surface area contributed by atoms with Crippen LogP contribution >= 0.6 is 11.6 Å². The second-order valence-electron chi connectivity index (χ2n) is 2.57. The molecule has 0 spiro atoms. The fourth-order valence-corrected chi connectivity index (χ4v) is 1.16. The average Bonchev–Trinajstić information content (AvgIpc) is 2.57. The van der Waals surface area contributed by atoms with Gasteiger partial charge in [-0.2, -0.15) is 0 Å². The number of nitrogens with zero attached hydrogens (tertiary/aromatic N) is 2. The molecule has 2 rings (SSSR count). The molecule has 0 amide bonds. The van der Waals surface area contributed by atoms with E-state index in [1.165, 1.54) is 18.2 Å². The zero-order chi connectivity index (χ0) is 10.1. The van der Waals surface area contributed by atoms with Crippen LogP contribution in [0.4, 0.5) is 10.4 Å². The van der Waals surface area contributed by atoms with Crippen LogP contribution < -0.4 is 5.73 Å². The SMILES string of the molecule is Nc1nnc(-c2ccc(F)c(Cl)c2)o1. The van der Waals surface area contributed by atoms with Gasteiger partial charge in [-0.3, -0.25) is 0 Å². The zero-order valence-electron chi connectivity index (χ0n) is 6.87. The quantitative estimate of drug-likeness (QED) is 0.788. The van der Waals surface area contributed by atoms with E-state index in [-0.39, 0.29) is 16.9 Å². The first-order chi connectivity index (χ1) is 6.66. The van der Waals surface area contributed by atoms with E-state index in [2.05, 4.69) is 10.2 Å². The molecule has 0 aliphatic carbocycles. The highest BCUT2D eigenvalue weighted by Gasteiger charge is 2.08. The Hall–Kier alpha value is -1.62. The monoisotopic (exact) mass is 213 g/mol. The molecule has 0 atom stereocenters. The molecule has 2 aromatic rings. The molecular formula is C8H5ClFN3O. The van der Waals surface area contributed by atoms with Gasteiger partial charge >= 0.3 is 6.01 Å². The van der Waals surface area contributed by atoms with E-state index < -0.39 is 5.82 Å². The summed E-state index contributed by atoms with van der Waals surface area (Å²) in [5.41, 5.74) is 5.76. The maximum atomic E-state index is 12.8. The Bertz CT molecular complexity index is 471. The van der Waals surface area contributed by atoms with Crippen LogP contribution in [0.25, 0.3) is 11.5 Å². The molecule has 72 valence electrons. The van der Waals surface area contributed by atoms with Crippen molar-refractivity contribution in [1.29, 1.82) is 0 Å². The molecule has 0 saturated heterocycles. The van der Waals surface area contributed by atoms with Gasteiger partial charge in [0.15, 0.2) is 0 Å². The van der Waals surface area contributed by atoms with Gasteiger partial charge in [-0.1, -0.05) is 16.7 Å². The van der Waals surface area contributed by atoms with E-state index in [0.29, 0.717) is 5.56 Å². The van der Waals surface area contributed by atoms with Crippen LogP contribution in [0.1, 0.15) is 0 Å². The molecule has 0 saturated carbocycles. The highest BCUT2D eigenvalue weighted by Crippen LogP contribution is 2.23. The van der Waals surface area contributed by atoms with Gasteiger partial charge in [-0.15, -0.1) is 5.10 Å². The summed E-state index contributed by atoms with van der Waals surface area (Å²) < 4.78 is 17.7. The van der Waals surface area contributed by atoms with Crippen LogP contribution in [-0.4, -0.2) is 10.2 Å². The Balaban J connectivity index is 2.47. The average molecular weight is 214 g/mol. The van der Waals surface area contributed by atoms with Crippen molar-refractivity contribution in [2.75, 3.05) is 5.73 Å². The van der Waals surface area contributed by atoms with E-state index in [9.17, 15) is 4.39 Å². The predicted octanol–water partition coefficient (Wildman–Crippen LogP) is 2.11. The molecule has 1 aromatic heterocycles. The smallest absolute Gasteiger partial charge is 0.313 e. The molecule has 0 aliphatic rings. The molecule has 0 aliphatic heterocycles. The summed E-state index contributed by atoms with van der Waals surface area (Å²) in [6, 6.07) is 4.05. The highest BCUT2D eigenvalue weighted by molar-refractivity contribution is 6.31. The first-order valence-corrected chi connectivity index (χ1v) is 4.09. The Morgan fingerprint density at radius 1 is 1.36 bits per heavy atom. The number of aromatic nitrogens is 2. The normalized spacial score (nSPS) is 10.4. The molecule has 0 fully saturated rings. The fourth-order valence-electron chi connectivity index (χ4n) is 0.980. The number of halogens is 2. The maximum Gasteiger partial charge on any atom is 0.313 e. The summed E-state index contributed by atoms with van der Waals surface area (Å²) in [5, 5.41) is 7.10. The molecule has 6 heteroatoms. The molecule has 4 nitrogen and oxygen atoms in total. The van der Waals surface area contributed by atoms with Gasteiger partial charge in [-0.25, -0.2) is 4.39 Å². The van der Waals surface area contributed by atoms with E-state index in [1.807, 2.05) is 0 Å². The maximum absolute atomic E-state index is 12.8. The largest absolute Gasteiger partial charge is 0.404 e. The summed E-state index contributed by atoms with van der Waals surface area (Å²) in [7, 11) is 0. The van der Waals surface area contributed by atoms with E-state index in [0.717, 1.165) is 0 Å². The Labute approximate surface area is 83.5 Å². The number of nitrogen functional groups attached to an aromatic ring is 1. The molecule has 0 radical (unpaired) electrons. The van der Waals surface area contributed by atoms with Gasteiger partial charge in [0.2, 0.25) is 5.89 Å². The number of hydrogen-bond acceptors (Lipinski definition) is 4.